The van der Waals surface area contributed by atoms with Crippen molar-refractivity contribution in [2.45, 2.75) is 31.1 Å². The first-order valence-corrected chi connectivity index (χ1v) is 4.42. The van der Waals surface area contributed by atoms with Gasteiger partial charge in [-0.2, -0.15) is 0 Å². The molecule has 0 amide bonds. The molecule has 1 unspecified atom stereocenters. The van der Waals surface area contributed by atoms with Crippen LogP contribution in [0, 0.1) is 0 Å². The molecule has 0 nitrogen and oxygen atoms in total. The summed E-state index contributed by atoms with van der Waals surface area (Å²) in [6, 6.07) is 8.17. The number of rotatable bonds is 2. The van der Waals surface area contributed by atoms with E-state index in [0.29, 0.717) is 5.92 Å². The molecule has 1 atom stereocenters. The predicted octanol–water partition coefficient (Wildman–Crippen LogP) is 3.76. The first-order valence-electron chi connectivity index (χ1n) is 4.01. The highest BCUT2D eigenvalue weighted by atomic mass is 32.1. The summed E-state index contributed by atoms with van der Waals surface area (Å²) in [7, 11) is 0. The maximum Gasteiger partial charge on any atom is 0.0411 e. The largest absolute Gasteiger partial charge is 0.0798 e. The van der Waals surface area contributed by atoms with Crippen LogP contribution >= 0.6 is 12.6 Å². The molecule has 11 heavy (non-hydrogen) atoms. The van der Waals surface area contributed by atoms with Crippen LogP contribution in [0.2, 0.25) is 0 Å². The van der Waals surface area contributed by atoms with Crippen LogP contribution in [-0.4, -0.2) is 0 Å². The fourth-order valence-corrected chi connectivity index (χ4v) is 1.46. The van der Waals surface area contributed by atoms with Gasteiger partial charge < -0.3 is 0 Å². The molecule has 0 bridgehead atoms. The van der Waals surface area contributed by atoms with E-state index < -0.39 is 0 Å². The summed E-state index contributed by atoms with van der Waals surface area (Å²) >= 11 is 5.19. The van der Waals surface area contributed by atoms with Gasteiger partial charge in [0.15, 0.2) is 0 Å². The van der Waals surface area contributed by atoms with E-state index in [1.54, 1.807) is 0 Å². The normalized spacial score (nSPS) is 12.9. The zero-order valence-electron chi connectivity index (χ0n) is 7.00. The van der Waals surface area contributed by atoms with E-state index in [4.69, 9.17) is 12.6 Å². The van der Waals surface area contributed by atoms with E-state index in [2.05, 4.69) is 26.0 Å². The van der Waals surface area contributed by atoms with Gasteiger partial charge in [-0.3, -0.25) is 0 Å². The van der Waals surface area contributed by atoms with Gasteiger partial charge in [-0.15, -0.1) is 0 Å². The van der Waals surface area contributed by atoms with Gasteiger partial charge >= 0.3 is 0 Å². The Morgan fingerprint density at radius 2 is 2.00 bits per heavy atom. The third-order valence-corrected chi connectivity index (χ3v) is 2.43. The third kappa shape index (κ3) is 1.93. The van der Waals surface area contributed by atoms with E-state index in [9.17, 15) is 0 Å². The lowest BCUT2D eigenvalue weighted by atomic mass is 9.99. The van der Waals surface area contributed by atoms with Crippen LogP contribution < -0.4 is 0 Å². The maximum atomic E-state index is 5.19. The second kappa shape index (κ2) is 3.72. The minimum atomic E-state index is 0.601. The van der Waals surface area contributed by atoms with Crippen molar-refractivity contribution in [3.63, 3.8) is 0 Å². The molecule has 1 heteroatoms. The zero-order chi connectivity index (χ0) is 8.27. The van der Waals surface area contributed by atoms with Gasteiger partial charge in [-0.1, -0.05) is 44.7 Å². The average Bonchev–Trinajstić information content (AvgIpc) is 2.04. The van der Waals surface area contributed by atoms with Crippen molar-refractivity contribution < 1.29 is 0 Å². The molecular weight excluding hydrogens is 152 g/mol. The fourth-order valence-electron chi connectivity index (χ4n) is 1.11. The first kappa shape index (κ1) is 8.54. The minimum absolute atomic E-state index is 0.601. The summed E-state index contributed by atoms with van der Waals surface area (Å²) in [5.41, 5.74) is 1.31. The Labute approximate surface area is 74.0 Å². The Hall–Kier alpha value is -0.560. The quantitative estimate of drug-likeness (QED) is 0.626. The van der Waals surface area contributed by atoms with Crippen LogP contribution in [0.5, 0.6) is 0 Å². The monoisotopic (exact) mass is 165 g/mol. The summed E-state index contributed by atoms with van der Waals surface area (Å²) in [5.74, 6) is 0.601. The predicted molar refractivity (Wildman–Crippen MR) is 51.0 cm³/mol. The summed E-state index contributed by atoms with van der Waals surface area (Å²) < 4.78 is 0. The Morgan fingerprint density at radius 3 is 2.55 bits per heavy atom. The minimum Gasteiger partial charge on any atom is -0.0798 e. The van der Waals surface area contributed by atoms with Crippen molar-refractivity contribution in [3.8, 4) is 0 Å². The maximum absolute atomic E-state index is 5.19. The topological polar surface area (TPSA) is 0 Å². The van der Waals surface area contributed by atoms with Crippen molar-refractivity contribution in [1.29, 1.82) is 0 Å². The zero-order valence-corrected chi connectivity index (χ0v) is 7.82. The molecule has 0 aliphatic carbocycles. The van der Waals surface area contributed by atoms with Gasteiger partial charge in [-0.25, -0.2) is 0 Å². The van der Waals surface area contributed by atoms with Crippen LogP contribution in [0.3, 0.4) is 0 Å². The van der Waals surface area contributed by atoms with Gasteiger partial charge in [0.05, 0.1) is 0 Å². The van der Waals surface area contributed by atoms with E-state index in [1.165, 1.54) is 5.56 Å². The fraction of sp³-hybridized carbons (Fsp3) is 0.400. The van der Waals surface area contributed by atoms with Crippen molar-refractivity contribution in [1.82, 2.24) is 0 Å². The molecule has 0 spiro atoms. The Morgan fingerprint density at radius 1 is 1.36 bits per heavy atom. The standard InChI is InChI=1S/C10H13S/c1-3-8(2)9-6-4-5-7-10(9)11/h4-8H,3H2,1-2H3. The molecule has 0 saturated carbocycles. The molecule has 1 rings (SSSR count). The molecule has 0 N–H and O–H groups in total. The molecule has 0 saturated heterocycles. The lowest BCUT2D eigenvalue weighted by Gasteiger charge is -2.09. The Bertz CT molecular complexity index is 230. The van der Waals surface area contributed by atoms with Crippen molar-refractivity contribution >= 4 is 12.6 Å². The molecule has 59 valence electrons. The lowest BCUT2D eigenvalue weighted by molar-refractivity contribution is 0.720. The summed E-state index contributed by atoms with van der Waals surface area (Å²) in [5, 5.41) is 0. The second-order valence-electron chi connectivity index (χ2n) is 2.85. The van der Waals surface area contributed by atoms with Crippen LogP contribution in [0.4, 0.5) is 0 Å². The molecule has 0 aliphatic heterocycles. The summed E-state index contributed by atoms with van der Waals surface area (Å²) in [6.45, 7) is 4.40. The van der Waals surface area contributed by atoms with E-state index in [1.807, 2.05) is 12.1 Å². The van der Waals surface area contributed by atoms with Crippen LogP contribution in [0.1, 0.15) is 31.7 Å². The van der Waals surface area contributed by atoms with Crippen molar-refractivity contribution in [3.05, 3.63) is 29.8 Å². The summed E-state index contributed by atoms with van der Waals surface area (Å²) in [4.78, 5) is 1.00. The molecule has 1 aromatic rings. The highest BCUT2D eigenvalue weighted by Crippen LogP contribution is 2.24. The molecule has 1 radical (unpaired) electrons. The second-order valence-corrected chi connectivity index (χ2v) is 3.29. The van der Waals surface area contributed by atoms with E-state index >= 15 is 0 Å². The molecule has 0 fully saturated rings. The van der Waals surface area contributed by atoms with Gasteiger partial charge in [0.2, 0.25) is 0 Å². The van der Waals surface area contributed by atoms with E-state index in [0.717, 1.165) is 11.3 Å². The lowest BCUT2D eigenvalue weighted by Crippen LogP contribution is -1.91. The first-order chi connectivity index (χ1) is 5.25. The Balaban J connectivity index is 2.93. The van der Waals surface area contributed by atoms with E-state index in [-0.39, 0.29) is 0 Å². The van der Waals surface area contributed by atoms with Gasteiger partial charge in [0, 0.05) is 4.90 Å². The molecule has 1 aromatic carbocycles. The Kier molecular flexibility index (Phi) is 2.89. The van der Waals surface area contributed by atoms with Crippen molar-refractivity contribution in [2.24, 2.45) is 0 Å². The third-order valence-electron chi connectivity index (χ3n) is 2.06. The molecular formula is C10H13S. The number of benzene rings is 1. The molecule has 0 aromatic heterocycles. The van der Waals surface area contributed by atoms with Gasteiger partial charge in [-0.05, 0) is 24.0 Å². The number of hydrogen-bond acceptors (Lipinski definition) is 0. The molecule has 0 heterocycles. The van der Waals surface area contributed by atoms with Gasteiger partial charge in [0.25, 0.3) is 0 Å². The number of hydrogen-bond donors (Lipinski definition) is 0. The summed E-state index contributed by atoms with van der Waals surface area (Å²) in [6.07, 6.45) is 1.16. The van der Waals surface area contributed by atoms with Crippen LogP contribution in [0.25, 0.3) is 0 Å². The van der Waals surface area contributed by atoms with Gasteiger partial charge in [0.1, 0.15) is 0 Å². The highest BCUT2D eigenvalue weighted by Gasteiger charge is 2.05. The SMILES string of the molecule is CCC(C)c1ccccc1[S]. The van der Waals surface area contributed by atoms with Crippen LogP contribution in [-0.2, 0) is 0 Å². The molecule has 0 aliphatic rings. The average molecular weight is 165 g/mol. The van der Waals surface area contributed by atoms with Crippen LogP contribution in [0.15, 0.2) is 29.2 Å². The van der Waals surface area contributed by atoms with Crippen molar-refractivity contribution in [2.75, 3.05) is 0 Å². The highest BCUT2D eigenvalue weighted by molar-refractivity contribution is 7.80. The smallest absolute Gasteiger partial charge is 0.0411 e.